The van der Waals surface area contributed by atoms with Crippen molar-refractivity contribution in [1.82, 2.24) is 5.43 Å². The summed E-state index contributed by atoms with van der Waals surface area (Å²) in [5.41, 5.74) is 6.15. The van der Waals surface area contributed by atoms with E-state index < -0.39 is 0 Å². The van der Waals surface area contributed by atoms with Crippen molar-refractivity contribution in [3.63, 3.8) is 0 Å². The lowest BCUT2D eigenvalue weighted by molar-refractivity contribution is 0.306. The van der Waals surface area contributed by atoms with Crippen LogP contribution in [-0.4, -0.2) is 20.4 Å². The number of hydrazone groups is 1. The highest BCUT2D eigenvalue weighted by Gasteiger charge is 2.04. The number of nitrogens with zero attached hydrogens (tertiary/aromatic N) is 1. The van der Waals surface area contributed by atoms with Gasteiger partial charge in [0.05, 0.1) is 27.0 Å². The second-order valence-corrected chi connectivity index (χ2v) is 7.48. The van der Waals surface area contributed by atoms with E-state index in [1.54, 1.807) is 20.4 Å². The van der Waals surface area contributed by atoms with Gasteiger partial charge >= 0.3 is 0 Å². The molecule has 0 amide bonds. The number of hydrogen-bond donors (Lipinski definition) is 1. The van der Waals surface area contributed by atoms with Crippen LogP contribution in [0.25, 0.3) is 0 Å². The first-order valence-electron chi connectivity index (χ1n) is 9.12. The van der Waals surface area contributed by atoms with Gasteiger partial charge in [-0.2, -0.15) is 5.10 Å². The van der Waals surface area contributed by atoms with Gasteiger partial charge in [0.2, 0.25) is 0 Å². The molecular weight excluding hydrogens is 479 g/mol. The molecule has 0 fully saturated rings. The quantitative estimate of drug-likeness (QED) is 0.254. The molecule has 0 radical (unpaired) electrons. The smallest absolute Gasteiger partial charge is 0.161 e. The molecule has 150 valence electrons. The third kappa shape index (κ3) is 6.12. The lowest BCUT2D eigenvalue weighted by Gasteiger charge is -2.10. The summed E-state index contributed by atoms with van der Waals surface area (Å²) in [6.07, 6.45) is 1.77. The van der Waals surface area contributed by atoms with Crippen molar-refractivity contribution >= 4 is 28.8 Å². The fraction of sp³-hybridized carbons (Fsp3) is 0.174. The summed E-state index contributed by atoms with van der Waals surface area (Å²) in [5, 5.41) is 4.33. The molecule has 0 spiro atoms. The van der Waals surface area contributed by atoms with Crippen molar-refractivity contribution in [3.8, 4) is 17.2 Å². The summed E-state index contributed by atoms with van der Waals surface area (Å²) < 4.78 is 17.8. The zero-order chi connectivity index (χ0) is 20.5. The van der Waals surface area contributed by atoms with Crippen LogP contribution in [0.3, 0.4) is 0 Å². The van der Waals surface area contributed by atoms with E-state index in [0.717, 1.165) is 22.4 Å². The maximum Gasteiger partial charge on any atom is 0.161 e. The first-order chi connectivity index (χ1) is 14.2. The molecule has 0 saturated heterocycles. The number of nitrogens with one attached hydrogen (secondary N) is 1. The van der Waals surface area contributed by atoms with Gasteiger partial charge in [-0.15, -0.1) is 0 Å². The Kier molecular flexibility index (Phi) is 7.75. The van der Waals surface area contributed by atoms with Crippen molar-refractivity contribution in [2.24, 2.45) is 5.10 Å². The van der Waals surface area contributed by atoms with E-state index >= 15 is 0 Å². The van der Waals surface area contributed by atoms with Crippen LogP contribution in [0.15, 0.2) is 71.8 Å². The van der Waals surface area contributed by atoms with E-state index in [1.165, 1.54) is 3.57 Å². The van der Waals surface area contributed by atoms with Gasteiger partial charge in [0.15, 0.2) is 11.5 Å². The molecule has 0 unspecified atom stereocenters. The maximum absolute atomic E-state index is 5.98. The number of benzene rings is 3. The van der Waals surface area contributed by atoms with Crippen molar-refractivity contribution in [2.45, 2.75) is 13.2 Å². The number of ether oxygens (including phenoxy) is 3. The van der Waals surface area contributed by atoms with Gasteiger partial charge in [-0.3, -0.25) is 0 Å². The zero-order valence-electron chi connectivity index (χ0n) is 16.4. The van der Waals surface area contributed by atoms with Crippen LogP contribution in [0.1, 0.15) is 16.7 Å². The standard InChI is InChI=1S/C23H23IN2O3/c1-27-22-12-9-18(13-23(22)28-2)14-25-26-15-19-5-3-4-6-21(19)29-16-17-7-10-20(24)11-8-17/h3-13,15,25H,14,16H2,1-2H3/b26-15+. The molecule has 0 aliphatic carbocycles. The van der Waals surface area contributed by atoms with Crippen molar-refractivity contribution in [2.75, 3.05) is 14.2 Å². The number of rotatable bonds is 9. The maximum atomic E-state index is 5.98. The first-order valence-corrected chi connectivity index (χ1v) is 10.2. The fourth-order valence-electron chi connectivity index (χ4n) is 2.70. The number of methoxy groups -OCH3 is 2. The first kappa shape index (κ1) is 21.0. The second kappa shape index (κ2) is 10.7. The Labute approximate surface area is 184 Å². The molecule has 3 aromatic carbocycles. The highest BCUT2D eigenvalue weighted by Crippen LogP contribution is 2.27. The molecule has 5 nitrogen and oxygen atoms in total. The molecule has 0 aliphatic rings. The van der Waals surface area contributed by atoms with Gasteiger partial charge < -0.3 is 19.6 Å². The summed E-state index contributed by atoms with van der Waals surface area (Å²) in [4.78, 5) is 0. The number of para-hydroxylation sites is 1. The lowest BCUT2D eigenvalue weighted by Crippen LogP contribution is -2.06. The largest absolute Gasteiger partial charge is 0.493 e. The van der Waals surface area contributed by atoms with E-state index in [-0.39, 0.29) is 0 Å². The molecule has 0 saturated carbocycles. The van der Waals surface area contributed by atoms with E-state index in [0.29, 0.717) is 24.7 Å². The van der Waals surface area contributed by atoms with Gasteiger partial charge in [0.25, 0.3) is 0 Å². The Morgan fingerprint density at radius 2 is 1.59 bits per heavy atom. The molecule has 1 N–H and O–H groups in total. The third-order valence-corrected chi connectivity index (χ3v) is 4.97. The summed E-state index contributed by atoms with van der Waals surface area (Å²) in [5.74, 6) is 2.20. The highest BCUT2D eigenvalue weighted by atomic mass is 127. The van der Waals surface area contributed by atoms with Gasteiger partial charge in [0.1, 0.15) is 12.4 Å². The van der Waals surface area contributed by atoms with Crippen molar-refractivity contribution < 1.29 is 14.2 Å². The minimum atomic E-state index is 0.515. The van der Waals surface area contributed by atoms with E-state index in [9.17, 15) is 0 Å². The van der Waals surface area contributed by atoms with Crippen LogP contribution >= 0.6 is 22.6 Å². The molecule has 3 aromatic rings. The van der Waals surface area contributed by atoms with Gasteiger partial charge in [-0.05, 0) is 70.1 Å². The lowest BCUT2D eigenvalue weighted by atomic mass is 10.2. The molecule has 29 heavy (non-hydrogen) atoms. The summed E-state index contributed by atoms with van der Waals surface area (Å²) >= 11 is 2.29. The van der Waals surface area contributed by atoms with Gasteiger partial charge in [-0.1, -0.05) is 30.3 Å². The minimum absolute atomic E-state index is 0.515. The Balaban J connectivity index is 1.58. The molecular formula is C23H23IN2O3. The van der Waals surface area contributed by atoms with Gasteiger partial charge in [-0.25, -0.2) is 0 Å². The Hall–Kier alpha value is -2.74. The van der Waals surface area contributed by atoms with Gasteiger partial charge in [0, 0.05) is 9.13 Å². The Bertz CT molecular complexity index is 959. The van der Waals surface area contributed by atoms with Crippen LogP contribution in [0.2, 0.25) is 0 Å². The van der Waals surface area contributed by atoms with Crippen molar-refractivity contribution in [1.29, 1.82) is 0 Å². The van der Waals surface area contributed by atoms with Crippen LogP contribution in [-0.2, 0) is 13.2 Å². The predicted octanol–water partition coefficient (Wildman–Crippen LogP) is 5.01. The normalized spacial score (nSPS) is 10.7. The van der Waals surface area contributed by atoms with Crippen LogP contribution < -0.4 is 19.6 Å². The SMILES string of the molecule is COc1ccc(CN/N=C/c2ccccc2OCc2ccc(I)cc2)cc1OC. The Morgan fingerprint density at radius 3 is 2.34 bits per heavy atom. The van der Waals surface area contributed by atoms with Crippen LogP contribution in [0, 0.1) is 3.57 Å². The minimum Gasteiger partial charge on any atom is -0.493 e. The number of halogens is 1. The molecule has 0 atom stereocenters. The van der Waals surface area contributed by atoms with Crippen LogP contribution in [0.5, 0.6) is 17.2 Å². The van der Waals surface area contributed by atoms with E-state index in [4.69, 9.17) is 14.2 Å². The molecule has 0 aromatic heterocycles. The monoisotopic (exact) mass is 502 g/mol. The molecule has 6 heteroatoms. The average Bonchev–Trinajstić information content (AvgIpc) is 2.76. The fourth-order valence-corrected chi connectivity index (χ4v) is 3.06. The highest BCUT2D eigenvalue weighted by molar-refractivity contribution is 14.1. The second-order valence-electron chi connectivity index (χ2n) is 6.24. The topological polar surface area (TPSA) is 52.1 Å². The summed E-state index contributed by atoms with van der Waals surface area (Å²) in [6.45, 7) is 1.09. The van der Waals surface area contributed by atoms with Crippen LogP contribution in [0.4, 0.5) is 0 Å². The molecule has 0 heterocycles. The zero-order valence-corrected chi connectivity index (χ0v) is 18.5. The summed E-state index contributed by atoms with van der Waals surface area (Å²) in [6, 6.07) is 21.9. The van der Waals surface area contributed by atoms with E-state index in [1.807, 2.05) is 42.5 Å². The van der Waals surface area contributed by atoms with Crippen molar-refractivity contribution in [3.05, 3.63) is 87.0 Å². The Morgan fingerprint density at radius 1 is 0.862 bits per heavy atom. The predicted molar refractivity (Wildman–Crippen MR) is 124 cm³/mol. The van der Waals surface area contributed by atoms with E-state index in [2.05, 4.69) is 57.4 Å². The molecule has 0 bridgehead atoms. The average molecular weight is 502 g/mol. The molecule has 3 rings (SSSR count). The third-order valence-electron chi connectivity index (χ3n) is 4.25. The molecule has 0 aliphatic heterocycles. The summed E-state index contributed by atoms with van der Waals surface area (Å²) in [7, 11) is 3.25. The number of hydrogen-bond acceptors (Lipinski definition) is 5.